The number of nitrogens with zero attached hydrogens (tertiary/aromatic N) is 1. The number of nitro groups is 1. The van der Waals surface area contributed by atoms with E-state index in [0.29, 0.717) is 5.70 Å². The molecule has 0 radical (unpaired) electrons. The molecule has 1 aliphatic heterocycles. The first-order valence-electron chi connectivity index (χ1n) is 8.25. The molecule has 27 heavy (non-hydrogen) atoms. The van der Waals surface area contributed by atoms with Gasteiger partial charge in [0.2, 0.25) is 5.75 Å². The zero-order valence-electron chi connectivity index (χ0n) is 15.4. The second-order valence-corrected chi connectivity index (χ2v) is 6.08. The Bertz CT molecular complexity index is 817. The first kappa shape index (κ1) is 20.0. The molecule has 2 rings (SSSR count). The maximum Gasteiger partial charge on any atom is 0.338 e. The Hall–Kier alpha value is -3.30. The van der Waals surface area contributed by atoms with Crippen LogP contribution in [0, 0.1) is 16.0 Å². The van der Waals surface area contributed by atoms with Gasteiger partial charge in [0.15, 0.2) is 5.75 Å². The summed E-state index contributed by atoms with van der Waals surface area (Å²) in [6.07, 6.45) is 0. The number of rotatable bonds is 6. The summed E-state index contributed by atoms with van der Waals surface area (Å²) < 4.78 is 10.1. The fraction of sp³-hybridized carbons (Fsp3) is 0.412. The summed E-state index contributed by atoms with van der Waals surface area (Å²) in [6.45, 7) is 5.34. The highest BCUT2D eigenvalue weighted by molar-refractivity contribution is 5.95. The van der Waals surface area contributed by atoms with Gasteiger partial charge in [-0.05, 0) is 24.5 Å². The van der Waals surface area contributed by atoms with Crippen LogP contribution in [-0.4, -0.2) is 35.7 Å². The molecule has 10 nitrogen and oxygen atoms in total. The summed E-state index contributed by atoms with van der Waals surface area (Å²) in [4.78, 5) is 35.2. The zero-order valence-corrected chi connectivity index (χ0v) is 15.4. The molecule has 1 aromatic carbocycles. The number of urea groups is 1. The highest BCUT2D eigenvalue weighted by atomic mass is 16.6. The number of phenolic OH excluding ortho intramolecular Hbond substituents is 1. The molecule has 146 valence electrons. The second-order valence-electron chi connectivity index (χ2n) is 6.08. The molecule has 0 aromatic heterocycles. The van der Waals surface area contributed by atoms with Crippen molar-refractivity contribution in [1.29, 1.82) is 0 Å². The number of phenols is 1. The van der Waals surface area contributed by atoms with Gasteiger partial charge in [-0.15, -0.1) is 0 Å². The molecule has 1 aliphatic rings. The number of amides is 2. The molecule has 1 heterocycles. The van der Waals surface area contributed by atoms with E-state index in [0.717, 1.165) is 6.07 Å². The molecule has 0 bridgehead atoms. The van der Waals surface area contributed by atoms with Gasteiger partial charge in [0.1, 0.15) is 0 Å². The number of carbonyl (C=O) groups excluding carboxylic acids is 2. The van der Waals surface area contributed by atoms with Crippen molar-refractivity contribution >= 4 is 17.7 Å². The van der Waals surface area contributed by atoms with Crippen molar-refractivity contribution in [2.75, 3.05) is 13.7 Å². The number of aromatic hydroxyl groups is 1. The summed E-state index contributed by atoms with van der Waals surface area (Å²) in [5.74, 6) is -1.67. The summed E-state index contributed by atoms with van der Waals surface area (Å²) >= 11 is 0. The average Bonchev–Trinajstić information content (AvgIpc) is 2.60. The van der Waals surface area contributed by atoms with Crippen molar-refractivity contribution in [3.63, 3.8) is 0 Å². The lowest BCUT2D eigenvalue weighted by Crippen LogP contribution is -2.47. The van der Waals surface area contributed by atoms with Crippen LogP contribution in [0.15, 0.2) is 23.4 Å². The van der Waals surface area contributed by atoms with Crippen LogP contribution in [0.1, 0.15) is 32.4 Å². The molecule has 0 saturated carbocycles. The van der Waals surface area contributed by atoms with Crippen molar-refractivity contribution in [3.8, 4) is 11.5 Å². The van der Waals surface area contributed by atoms with E-state index in [9.17, 15) is 24.8 Å². The van der Waals surface area contributed by atoms with E-state index in [1.807, 2.05) is 0 Å². The van der Waals surface area contributed by atoms with E-state index in [2.05, 4.69) is 10.6 Å². The standard InChI is InChI=1S/C17H21N3O7/c1-5-27-16(22)12-13(8(2)3)18-17(23)19-14(12)9-6-10(20(24)25)15(21)11(7-9)26-4/h6-8,14,21H,5H2,1-4H3,(H2,18,19,23). The Morgan fingerprint density at radius 3 is 2.59 bits per heavy atom. The number of methoxy groups -OCH3 is 1. The van der Waals surface area contributed by atoms with Crippen LogP contribution < -0.4 is 15.4 Å². The number of hydrogen-bond acceptors (Lipinski definition) is 7. The van der Waals surface area contributed by atoms with Crippen LogP contribution in [0.5, 0.6) is 11.5 Å². The van der Waals surface area contributed by atoms with Gasteiger partial charge in [0.05, 0.1) is 30.3 Å². The molecule has 0 fully saturated rings. The van der Waals surface area contributed by atoms with Gasteiger partial charge in [-0.2, -0.15) is 0 Å². The van der Waals surface area contributed by atoms with Crippen molar-refractivity contribution in [1.82, 2.24) is 10.6 Å². The molecule has 1 atom stereocenters. The molecular weight excluding hydrogens is 358 g/mol. The Balaban J connectivity index is 2.71. The zero-order chi connectivity index (χ0) is 20.3. The van der Waals surface area contributed by atoms with Gasteiger partial charge in [0.25, 0.3) is 0 Å². The maximum atomic E-state index is 12.6. The molecule has 0 saturated heterocycles. The first-order valence-corrected chi connectivity index (χ1v) is 8.25. The van der Waals surface area contributed by atoms with Crippen molar-refractivity contribution < 1.29 is 29.1 Å². The van der Waals surface area contributed by atoms with E-state index in [4.69, 9.17) is 9.47 Å². The van der Waals surface area contributed by atoms with Crippen LogP contribution >= 0.6 is 0 Å². The molecule has 3 N–H and O–H groups in total. The number of allylic oxidation sites excluding steroid dienone is 1. The quantitative estimate of drug-likeness (QED) is 0.391. The van der Waals surface area contributed by atoms with Crippen LogP contribution in [0.25, 0.3) is 0 Å². The third-order valence-corrected chi connectivity index (χ3v) is 4.00. The highest BCUT2D eigenvalue weighted by Gasteiger charge is 2.36. The molecule has 0 spiro atoms. The minimum atomic E-state index is -1.01. The summed E-state index contributed by atoms with van der Waals surface area (Å²) in [5, 5.41) is 26.4. The first-order chi connectivity index (χ1) is 12.7. The Morgan fingerprint density at radius 2 is 2.07 bits per heavy atom. The number of carbonyl (C=O) groups is 2. The van der Waals surface area contributed by atoms with E-state index in [-0.39, 0.29) is 29.4 Å². The van der Waals surface area contributed by atoms with Gasteiger partial charge in [-0.25, -0.2) is 9.59 Å². The van der Waals surface area contributed by atoms with Gasteiger partial charge in [0, 0.05) is 11.8 Å². The normalized spacial score (nSPS) is 16.6. The minimum absolute atomic E-state index is 0.118. The minimum Gasteiger partial charge on any atom is -0.500 e. The second kappa shape index (κ2) is 7.94. The Morgan fingerprint density at radius 1 is 1.41 bits per heavy atom. The number of nitro benzene ring substituents is 1. The smallest absolute Gasteiger partial charge is 0.338 e. The van der Waals surface area contributed by atoms with E-state index >= 15 is 0 Å². The predicted molar refractivity (Wildman–Crippen MR) is 94.2 cm³/mol. The number of esters is 1. The van der Waals surface area contributed by atoms with Gasteiger partial charge >= 0.3 is 17.7 Å². The maximum absolute atomic E-state index is 12.6. The molecular formula is C17H21N3O7. The lowest BCUT2D eigenvalue weighted by atomic mass is 9.91. The van der Waals surface area contributed by atoms with E-state index in [1.165, 1.54) is 13.2 Å². The van der Waals surface area contributed by atoms with E-state index < -0.39 is 34.4 Å². The monoisotopic (exact) mass is 379 g/mol. The number of ether oxygens (including phenoxy) is 2. The van der Waals surface area contributed by atoms with Gasteiger partial charge < -0.3 is 25.2 Å². The molecule has 0 aliphatic carbocycles. The summed E-state index contributed by atoms with van der Waals surface area (Å²) in [5.41, 5.74) is 0.0872. The SMILES string of the molecule is CCOC(=O)C1=C(C(C)C)NC(=O)NC1c1cc(OC)c(O)c([N+](=O)[O-])c1. The topological polar surface area (TPSA) is 140 Å². The van der Waals surface area contributed by atoms with Gasteiger partial charge in [-0.3, -0.25) is 10.1 Å². The van der Waals surface area contributed by atoms with Crippen molar-refractivity contribution in [3.05, 3.63) is 39.1 Å². The molecule has 1 aromatic rings. The molecule has 1 unspecified atom stereocenters. The third-order valence-electron chi connectivity index (χ3n) is 4.00. The number of hydrogen-bond donors (Lipinski definition) is 3. The fourth-order valence-corrected chi connectivity index (χ4v) is 2.80. The molecule has 10 heteroatoms. The fourth-order valence-electron chi connectivity index (χ4n) is 2.80. The molecule has 2 amide bonds. The Labute approximate surface area is 155 Å². The van der Waals surface area contributed by atoms with Crippen LogP contribution in [0.2, 0.25) is 0 Å². The predicted octanol–water partition coefficient (Wildman–Crippen LogP) is 2.14. The summed E-state index contributed by atoms with van der Waals surface area (Å²) in [6, 6.07) is 0.844. The van der Waals surface area contributed by atoms with Crippen LogP contribution in [0.3, 0.4) is 0 Å². The van der Waals surface area contributed by atoms with Gasteiger partial charge in [-0.1, -0.05) is 13.8 Å². The Kier molecular flexibility index (Phi) is 5.88. The van der Waals surface area contributed by atoms with E-state index in [1.54, 1.807) is 20.8 Å². The number of nitrogens with one attached hydrogen (secondary N) is 2. The van der Waals surface area contributed by atoms with Crippen molar-refractivity contribution in [2.45, 2.75) is 26.8 Å². The lowest BCUT2D eigenvalue weighted by molar-refractivity contribution is -0.386. The van der Waals surface area contributed by atoms with Crippen molar-refractivity contribution in [2.24, 2.45) is 5.92 Å². The van der Waals surface area contributed by atoms with Crippen LogP contribution in [-0.2, 0) is 9.53 Å². The highest BCUT2D eigenvalue weighted by Crippen LogP contribution is 2.41. The third kappa shape index (κ3) is 3.94. The number of benzene rings is 1. The largest absolute Gasteiger partial charge is 0.500 e. The summed E-state index contributed by atoms with van der Waals surface area (Å²) in [7, 11) is 1.24. The lowest BCUT2D eigenvalue weighted by Gasteiger charge is -2.31. The average molecular weight is 379 g/mol. The van der Waals surface area contributed by atoms with Crippen LogP contribution in [0.4, 0.5) is 10.5 Å².